The summed E-state index contributed by atoms with van der Waals surface area (Å²) in [6.45, 7) is 0.654. The molecule has 0 bridgehead atoms. The Morgan fingerprint density at radius 2 is 2.31 bits per heavy atom. The lowest BCUT2D eigenvalue weighted by Gasteiger charge is -2.07. The molecule has 13 heavy (non-hydrogen) atoms. The Morgan fingerprint density at radius 3 is 3.15 bits per heavy atom. The molecule has 1 aromatic heterocycles. The van der Waals surface area contributed by atoms with Gasteiger partial charge in [0.15, 0.2) is 0 Å². The van der Waals surface area contributed by atoms with Crippen molar-refractivity contribution in [3.8, 4) is 0 Å². The molecule has 1 aromatic rings. The van der Waals surface area contributed by atoms with Gasteiger partial charge < -0.3 is 10.6 Å². The summed E-state index contributed by atoms with van der Waals surface area (Å²) in [5.41, 5.74) is 1.64. The van der Waals surface area contributed by atoms with E-state index in [1.807, 2.05) is 0 Å². The van der Waals surface area contributed by atoms with E-state index < -0.39 is 0 Å². The number of fused-ring (bicyclic) bond motifs is 1. The molecule has 0 saturated carbocycles. The fourth-order valence-electron chi connectivity index (χ4n) is 1.22. The van der Waals surface area contributed by atoms with Crippen LogP contribution in [0, 0.1) is 0 Å². The SMILES string of the molecule is O=C1CCNc2c(Br)cncc2N1. The maximum absolute atomic E-state index is 11.2. The molecule has 0 atom stereocenters. The largest absolute Gasteiger partial charge is 0.382 e. The minimum Gasteiger partial charge on any atom is -0.382 e. The monoisotopic (exact) mass is 241 g/mol. The summed E-state index contributed by atoms with van der Waals surface area (Å²) < 4.78 is 0.868. The highest BCUT2D eigenvalue weighted by molar-refractivity contribution is 9.10. The molecule has 1 aliphatic heterocycles. The average Bonchev–Trinajstić information content (AvgIpc) is 2.27. The highest BCUT2D eigenvalue weighted by Crippen LogP contribution is 2.30. The van der Waals surface area contributed by atoms with Crippen molar-refractivity contribution in [3.05, 3.63) is 16.9 Å². The minimum absolute atomic E-state index is 0.0196. The van der Waals surface area contributed by atoms with Crippen LogP contribution in [0.5, 0.6) is 0 Å². The summed E-state index contributed by atoms with van der Waals surface area (Å²) in [5, 5.41) is 5.92. The van der Waals surface area contributed by atoms with Crippen LogP contribution in [0.4, 0.5) is 11.4 Å². The second kappa shape index (κ2) is 3.33. The molecule has 68 valence electrons. The quantitative estimate of drug-likeness (QED) is 0.726. The van der Waals surface area contributed by atoms with E-state index in [4.69, 9.17) is 0 Å². The zero-order valence-corrected chi connectivity index (χ0v) is 8.39. The minimum atomic E-state index is 0.0196. The zero-order valence-electron chi connectivity index (χ0n) is 6.80. The Kier molecular flexibility index (Phi) is 2.18. The van der Waals surface area contributed by atoms with E-state index in [2.05, 4.69) is 31.5 Å². The van der Waals surface area contributed by atoms with E-state index in [1.54, 1.807) is 12.4 Å². The lowest BCUT2D eigenvalue weighted by molar-refractivity contribution is -0.115. The van der Waals surface area contributed by atoms with Gasteiger partial charge in [0, 0.05) is 19.2 Å². The predicted octanol–water partition coefficient (Wildman–Crippen LogP) is 1.60. The van der Waals surface area contributed by atoms with Crippen molar-refractivity contribution in [2.45, 2.75) is 6.42 Å². The van der Waals surface area contributed by atoms with Gasteiger partial charge in [0.05, 0.1) is 22.0 Å². The van der Waals surface area contributed by atoms with E-state index in [9.17, 15) is 4.79 Å². The van der Waals surface area contributed by atoms with Crippen molar-refractivity contribution in [1.82, 2.24) is 4.98 Å². The third-order valence-electron chi connectivity index (χ3n) is 1.83. The maximum atomic E-state index is 11.2. The molecule has 2 rings (SSSR count). The second-order valence-electron chi connectivity index (χ2n) is 2.77. The van der Waals surface area contributed by atoms with Crippen LogP contribution in [0.15, 0.2) is 16.9 Å². The average molecular weight is 242 g/mol. The van der Waals surface area contributed by atoms with Gasteiger partial charge in [0.1, 0.15) is 0 Å². The zero-order chi connectivity index (χ0) is 9.26. The lowest BCUT2D eigenvalue weighted by Crippen LogP contribution is -2.10. The smallest absolute Gasteiger partial charge is 0.226 e. The third-order valence-corrected chi connectivity index (χ3v) is 2.43. The summed E-state index contributed by atoms with van der Waals surface area (Å²) in [6.07, 6.45) is 3.82. The Balaban J connectivity index is 2.45. The fraction of sp³-hybridized carbons (Fsp3) is 0.250. The number of pyridine rings is 1. The maximum Gasteiger partial charge on any atom is 0.226 e. The first kappa shape index (κ1) is 8.50. The first-order valence-electron chi connectivity index (χ1n) is 3.94. The van der Waals surface area contributed by atoms with Crippen LogP contribution < -0.4 is 10.6 Å². The number of nitrogens with one attached hydrogen (secondary N) is 2. The Bertz CT molecular complexity index is 353. The van der Waals surface area contributed by atoms with Gasteiger partial charge in [0.25, 0.3) is 0 Å². The molecule has 2 N–H and O–H groups in total. The lowest BCUT2D eigenvalue weighted by atomic mass is 10.3. The predicted molar refractivity (Wildman–Crippen MR) is 53.7 cm³/mol. The van der Waals surface area contributed by atoms with Crippen molar-refractivity contribution in [2.24, 2.45) is 0 Å². The van der Waals surface area contributed by atoms with Crippen LogP contribution in [0.25, 0.3) is 0 Å². The molecule has 0 radical (unpaired) electrons. The van der Waals surface area contributed by atoms with Crippen LogP contribution in [-0.4, -0.2) is 17.4 Å². The van der Waals surface area contributed by atoms with Gasteiger partial charge in [-0.1, -0.05) is 0 Å². The summed E-state index contributed by atoms with van der Waals surface area (Å²) >= 11 is 3.36. The van der Waals surface area contributed by atoms with Crippen molar-refractivity contribution in [1.29, 1.82) is 0 Å². The number of anilines is 2. The molecule has 0 aromatic carbocycles. The van der Waals surface area contributed by atoms with Gasteiger partial charge in [-0.05, 0) is 15.9 Å². The number of halogens is 1. The molecule has 0 unspecified atom stereocenters. The van der Waals surface area contributed by atoms with Crippen molar-refractivity contribution >= 4 is 33.2 Å². The second-order valence-corrected chi connectivity index (χ2v) is 3.62. The summed E-state index contributed by atoms with van der Waals surface area (Å²) in [5.74, 6) is 0.0196. The number of nitrogens with zero attached hydrogens (tertiary/aromatic N) is 1. The molecule has 4 nitrogen and oxygen atoms in total. The van der Waals surface area contributed by atoms with Gasteiger partial charge in [-0.2, -0.15) is 0 Å². The Labute approximate surface area is 83.9 Å². The number of hydrogen-bond acceptors (Lipinski definition) is 3. The molecule has 0 saturated heterocycles. The van der Waals surface area contributed by atoms with Gasteiger partial charge in [0.2, 0.25) is 5.91 Å². The Morgan fingerprint density at radius 1 is 1.46 bits per heavy atom. The van der Waals surface area contributed by atoms with Crippen molar-refractivity contribution in [2.75, 3.05) is 17.2 Å². The van der Waals surface area contributed by atoms with Crippen LogP contribution >= 0.6 is 15.9 Å². The van der Waals surface area contributed by atoms with Gasteiger partial charge >= 0.3 is 0 Å². The third kappa shape index (κ3) is 1.65. The first-order valence-corrected chi connectivity index (χ1v) is 4.74. The number of amides is 1. The highest BCUT2D eigenvalue weighted by Gasteiger charge is 2.13. The van der Waals surface area contributed by atoms with Crippen molar-refractivity contribution in [3.63, 3.8) is 0 Å². The fourth-order valence-corrected chi connectivity index (χ4v) is 1.70. The summed E-state index contributed by atoms with van der Waals surface area (Å²) in [7, 11) is 0. The number of carbonyl (C=O) groups is 1. The van der Waals surface area contributed by atoms with E-state index in [-0.39, 0.29) is 5.91 Å². The topological polar surface area (TPSA) is 54.0 Å². The normalized spacial score (nSPS) is 15.3. The van der Waals surface area contributed by atoms with Crippen LogP contribution in [-0.2, 0) is 4.79 Å². The summed E-state index contributed by atoms with van der Waals surface area (Å²) in [6, 6.07) is 0. The van der Waals surface area contributed by atoms with E-state index in [0.29, 0.717) is 13.0 Å². The molecule has 2 heterocycles. The molecule has 0 aliphatic carbocycles. The number of carbonyl (C=O) groups excluding carboxylic acids is 1. The number of rotatable bonds is 0. The van der Waals surface area contributed by atoms with Crippen molar-refractivity contribution < 1.29 is 4.79 Å². The van der Waals surface area contributed by atoms with Gasteiger partial charge in [-0.25, -0.2) is 0 Å². The molecule has 1 aliphatic rings. The van der Waals surface area contributed by atoms with E-state index in [0.717, 1.165) is 15.8 Å². The van der Waals surface area contributed by atoms with Crippen LogP contribution in [0.3, 0.4) is 0 Å². The Hall–Kier alpha value is -1.10. The van der Waals surface area contributed by atoms with Gasteiger partial charge in [-0.15, -0.1) is 0 Å². The summed E-state index contributed by atoms with van der Waals surface area (Å²) in [4.78, 5) is 15.1. The van der Waals surface area contributed by atoms with Crippen LogP contribution in [0.2, 0.25) is 0 Å². The van der Waals surface area contributed by atoms with Gasteiger partial charge in [-0.3, -0.25) is 9.78 Å². The van der Waals surface area contributed by atoms with E-state index >= 15 is 0 Å². The number of hydrogen-bond donors (Lipinski definition) is 2. The molecule has 1 amide bonds. The molecule has 5 heteroatoms. The standard InChI is InChI=1S/C8H8BrN3O/c9-5-3-10-4-6-8(5)11-2-1-7(13)12-6/h3-4,11H,1-2H2,(H,12,13). The number of aromatic nitrogens is 1. The van der Waals surface area contributed by atoms with Crippen LogP contribution in [0.1, 0.15) is 6.42 Å². The highest BCUT2D eigenvalue weighted by atomic mass is 79.9. The molecule has 0 fully saturated rings. The molecular formula is C8H8BrN3O. The molecule has 0 spiro atoms. The molecular weight excluding hydrogens is 234 g/mol. The first-order chi connectivity index (χ1) is 6.27. The van der Waals surface area contributed by atoms with E-state index in [1.165, 1.54) is 0 Å².